The molecule has 0 aliphatic heterocycles. The summed E-state index contributed by atoms with van der Waals surface area (Å²) in [4.78, 5) is 24.0. The van der Waals surface area contributed by atoms with Crippen LogP contribution in [0.1, 0.15) is 25.8 Å². The third-order valence-corrected chi connectivity index (χ3v) is 3.19. The van der Waals surface area contributed by atoms with E-state index in [1.165, 1.54) is 18.4 Å². The molecule has 0 radical (unpaired) electrons. The number of fused-ring (bicyclic) bond motifs is 1. The molecule has 0 unspecified atom stereocenters. The van der Waals surface area contributed by atoms with Crippen LogP contribution in [-0.2, 0) is 9.53 Å². The quantitative estimate of drug-likeness (QED) is 0.630. The van der Waals surface area contributed by atoms with E-state index in [-0.39, 0.29) is 17.4 Å². The number of benzene rings is 1. The number of amides is 1. The molecule has 2 aromatic rings. The van der Waals surface area contributed by atoms with Crippen LogP contribution in [0.2, 0.25) is 0 Å². The molecule has 0 bridgehead atoms. The molecule has 0 aliphatic carbocycles. The first-order valence-electron chi connectivity index (χ1n) is 7.66. The lowest BCUT2D eigenvalue weighted by molar-refractivity contribution is -0.116. The molecule has 0 saturated carbocycles. The molecule has 1 heterocycles. The molecule has 23 heavy (non-hydrogen) atoms. The Balaban J connectivity index is 1.91. The third kappa shape index (κ3) is 5.07. The molecule has 1 amide bonds. The Morgan fingerprint density at radius 3 is 2.91 bits per heavy atom. The Morgan fingerprint density at radius 2 is 2.13 bits per heavy atom. The number of hydrogen-bond donors (Lipinski definition) is 1. The van der Waals surface area contributed by atoms with Gasteiger partial charge in [0.15, 0.2) is 5.43 Å². The first-order valence-corrected chi connectivity index (χ1v) is 7.66. The van der Waals surface area contributed by atoms with Crippen molar-refractivity contribution in [3.63, 3.8) is 0 Å². The predicted molar refractivity (Wildman–Crippen MR) is 90.2 cm³/mol. The lowest BCUT2D eigenvalue weighted by atomic mass is 10.1. The monoisotopic (exact) mass is 315 g/mol. The van der Waals surface area contributed by atoms with Gasteiger partial charge in [-0.25, -0.2) is 0 Å². The highest BCUT2D eigenvalue weighted by Gasteiger charge is 2.04. The lowest BCUT2D eigenvalue weighted by Crippen LogP contribution is -2.23. The summed E-state index contributed by atoms with van der Waals surface area (Å²) < 4.78 is 10.8. The minimum Gasteiger partial charge on any atom is -0.463 e. The molecule has 5 heteroatoms. The fraction of sp³-hybridized carbons (Fsp3) is 0.333. The van der Waals surface area contributed by atoms with E-state index < -0.39 is 0 Å². The van der Waals surface area contributed by atoms with Gasteiger partial charge in [0.2, 0.25) is 5.91 Å². The number of carbonyl (C=O) groups excluding carboxylic acids is 1. The van der Waals surface area contributed by atoms with Crippen molar-refractivity contribution in [2.45, 2.75) is 26.4 Å². The van der Waals surface area contributed by atoms with Crippen LogP contribution in [0.25, 0.3) is 17.0 Å². The van der Waals surface area contributed by atoms with Gasteiger partial charge in [-0.1, -0.05) is 12.1 Å². The molecule has 122 valence electrons. The molecule has 0 fully saturated rings. The van der Waals surface area contributed by atoms with Crippen molar-refractivity contribution in [1.82, 2.24) is 5.32 Å². The molecule has 0 saturated heterocycles. The van der Waals surface area contributed by atoms with E-state index in [1.54, 1.807) is 24.3 Å². The maximum atomic E-state index is 12.2. The van der Waals surface area contributed by atoms with Crippen molar-refractivity contribution in [3.05, 3.63) is 52.4 Å². The number of rotatable bonds is 7. The van der Waals surface area contributed by atoms with Gasteiger partial charge in [-0.05, 0) is 38.5 Å². The zero-order valence-corrected chi connectivity index (χ0v) is 13.4. The third-order valence-electron chi connectivity index (χ3n) is 3.19. The van der Waals surface area contributed by atoms with Crippen LogP contribution < -0.4 is 10.7 Å². The Kier molecular flexibility index (Phi) is 6.11. The van der Waals surface area contributed by atoms with Gasteiger partial charge >= 0.3 is 0 Å². The molecule has 0 spiro atoms. The molecule has 5 nitrogen and oxygen atoms in total. The number of ether oxygens (including phenoxy) is 1. The van der Waals surface area contributed by atoms with E-state index >= 15 is 0 Å². The molecule has 1 N–H and O–H groups in total. The summed E-state index contributed by atoms with van der Waals surface area (Å²) in [5.41, 5.74) is 0.729. The summed E-state index contributed by atoms with van der Waals surface area (Å²) in [5, 5.41) is 3.25. The van der Waals surface area contributed by atoms with Gasteiger partial charge in [-0.3, -0.25) is 9.59 Å². The minimum absolute atomic E-state index is 0.152. The Morgan fingerprint density at radius 1 is 1.35 bits per heavy atom. The van der Waals surface area contributed by atoms with Gasteiger partial charge in [0.1, 0.15) is 11.8 Å². The highest BCUT2D eigenvalue weighted by Crippen LogP contribution is 2.11. The van der Waals surface area contributed by atoms with Gasteiger partial charge in [0.25, 0.3) is 0 Å². The fourth-order valence-electron chi connectivity index (χ4n) is 2.04. The summed E-state index contributed by atoms with van der Waals surface area (Å²) >= 11 is 0. The van der Waals surface area contributed by atoms with E-state index in [1.807, 2.05) is 13.8 Å². The maximum absolute atomic E-state index is 12.2. The molecule has 0 atom stereocenters. The molecule has 1 aromatic heterocycles. The van der Waals surface area contributed by atoms with Crippen molar-refractivity contribution in [1.29, 1.82) is 0 Å². The van der Waals surface area contributed by atoms with Crippen LogP contribution in [-0.4, -0.2) is 25.2 Å². The Hall–Kier alpha value is -2.40. The summed E-state index contributed by atoms with van der Waals surface area (Å²) in [7, 11) is 0. The van der Waals surface area contributed by atoms with Gasteiger partial charge in [0, 0.05) is 19.2 Å². The SMILES string of the molecule is CC(C)OCCCNC(=O)/C=C/c1coc2ccccc2c1=O. The zero-order valence-electron chi connectivity index (χ0n) is 13.4. The van der Waals surface area contributed by atoms with Crippen LogP contribution in [0, 0.1) is 0 Å². The summed E-state index contributed by atoms with van der Waals surface area (Å²) in [6.45, 7) is 5.07. The average molecular weight is 315 g/mol. The van der Waals surface area contributed by atoms with Gasteiger partial charge in [0.05, 0.1) is 17.1 Å². The van der Waals surface area contributed by atoms with E-state index in [4.69, 9.17) is 9.15 Å². The van der Waals surface area contributed by atoms with E-state index in [0.717, 1.165) is 6.42 Å². The molecular formula is C18H21NO4. The summed E-state index contributed by atoms with van der Waals surface area (Å²) in [5.74, 6) is -0.248. The fourth-order valence-corrected chi connectivity index (χ4v) is 2.04. The molecule has 0 aliphatic rings. The smallest absolute Gasteiger partial charge is 0.244 e. The van der Waals surface area contributed by atoms with E-state index in [9.17, 15) is 9.59 Å². The molecule has 2 rings (SSSR count). The molecular weight excluding hydrogens is 294 g/mol. The van der Waals surface area contributed by atoms with E-state index in [0.29, 0.717) is 29.7 Å². The predicted octanol–water partition coefficient (Wildman–Crippen LogP) is 2.74. The average Bonchev–Trinajstić information content (AvgIpc) is 2.54. The van der Waals surface area contributed by atoms with Crippen LogP contribution in [0.3, 0.4) is 0 Å². The Bertz CT molecular complexity index is 746. The van der Waals surface area contributed by atoms with Crippen LogP contribution in [0.15, 0.2) is 45.8 Å². The largest absolute Gasteiger partial charge is 0.463 e. The van der Waals surface area contributed by atoms with Crippen molar-refractivity contribution >= 4 is 23.0 Å². The number of nitrogens with one attached hydrogen (secondary N) is 1. The molecule has 1 aromatic carbocycles. The summed E-state index contributed by atoms with van der Waals surface area (Å²) in [6, 6.07) is 7.01. The summed E-state index contributed by atoms with van der Waals surface area (Å²) in [6.07, 6.45) is 5.11. The van der Waals surface area contributed by atoms with Crippen LogP contribution >= 0.6 is 0 Å². The van der Waals surface area contributed by atoms with Crippen molar-refractivity contribution in [3.8, 4) is 0 Å². The minimum atomic E-state index is -0.248. The van der Waals surface area contributed by atoms with Crippen molar-refractivity contribution in [2.24, 2.45) is 0 Å². The van der Waals surface area contributed by atoms with Crippen LogP contribution in [0.5, 0.6) is 0 Å². The van der Waals surface area contributed by atoms with Crippen LogP contribution in [0.4, 0.5) is 0 Å². The van der Waals surface area contributed by atoms with Gasteiger partial charge < -0.3 is 14.5 Å². The van der Waals surface area contributed by atoms with E-state index in [2.05, 4.69) is 5.32 Å². The normalized spacial score (nSPS) is 11.4. The second-order valence-electron chi connectivity index (χ2n) is 5.41. The second kappa shape index (κ2) is 8.29. The van der Waals surface area contributed by atoms with Crippen molar-refractivity contribution < 1.29 is 13.9 Å². The first-order chi connectivity index (χ1) is 11.1. The highest BCUT2D eigenvalue weighted by molar-refractivity contribution is 5.92. The second-order valence-corrected chi connectivity index (χ2v) is 5.41. The number of para-hydroxylation sites is 1. The number of hydrogen-bond acceptors (Lipinski definition) is 4. The standard InChI is InChI=1S/C18H21NO4/c1-13(2)22-11-5-10-19-17(20)9-8-14-12-23-16-7-4-3-6-15(16)18(14)21/h3-4,6-9,12-13H,5,10-11H2,1-2H3,(H,19,20)/b9-8+. The highest BCUT2D eigenvalue weighted by atomic mass is 16.5. The lowest BCUT2D eigenvalue weighted by Gasteiger charge is -2.07. The zero-order chi connectivity index (χ0) is 16.7. The number of carbonyl (C=O) groups is 1. The maximum Gasteiger partial charge on any atom is 0.244 e. The van der Waals surface area contributed by atoms with Gasteiger partial charge in [-0.2, -0.15) is 0 Å². The van der Waals surface area contributed by atoms with Gasteiger partial charge in [-0.15, -0.1) is 0 Å². The first kappa shape index (κ1) is 17.0. The Labute approximate surface area is 134 Å². The van der Waals surface area contributed by atoms with Crippen molar-refractivity contribution in [2.75, 3.05) is 13.2 Å². The topological polar surface area (TPSA) is 68.5 Å².